The van der Waals surface area contributed by atoms with Crippen LogP contribution in [-0.4, -0.2) is 28.9 Å². The van der Waals surface area contributed by atoms with Gasteiger partial charge in [0, 0.05) is 18.7 Å². The summed E-state index contributed by atoms with van der Waals surface area (Å²) in [5.41, 5.74) is 1.26. The molecule has 0 spiro atoms. The molecule has 1 aromatic heterocycles. The molecule has 2 rings (SSSR count). The highest BCUT2D eigenvalue weighted by Crippen LogP contribution is 2.26. The van der Waals surface area contributed by atoms with Crippen molar-refractivity contribution in [2.24, 2.45) is 5.41 Å². The van der Waals surface area contributed by atoms with Gasteiger partial charge < -0.3 is 9.32 Å². The third-order valence-corrected chi connectivity index (χ3v) is 4.17. The number of hydrogen-bond donors (Lipinski definition) is 0. The molecule has 1 unspecified atom stereocenters. The minimum Gasteiger partial charge on any atom is -0.441 e. The molecule has 0 fully saturated rings. The predicted octanol–water partition coefficient (Wildman–Crippen LogP) is 4.16. The van der Waals surface area contributed by atoms with Gasteiger partial charge >= 0.3 is 0 Å². The molecule has 1 aromatic carbocycles. The van der Waals surface area contributed by atoms with Crippen molar-refractivity contribution >= 4 is 5.91 Å². The second-order valence-electron chi connectivity index (χ2n) is 6.75. The fourth-order valence-corrected chi connectivity index (χ4v) is 2.22. The quantitative estimate of drug-likeness (QED) is 0.855. The van der Waals surface area contributed by atoms with Crippen LogP contribution in [0.1, 0.15) is 43.9 Å². The largest absolute Gasteiger partial charge is 0.441 e. The maximum atomic E-state index is 12.7. The summed E-state index contributed by atoms with van der Waals surface area (Å²) in [7, 11) is 1.81. The zero-order chi connectivity index (χ0) is 16.5. The lowest BCUT2D eigenvalue weighted by atomic mass is 9.87. The molecule has 0 radical (unpaired) electrons. The van der Waals surface area contributed by atoms with Crippen LogP contribution in [-0.2, 0) is 0 Å². The van der Waals surface area contributed by atoms with Gasteiger partial charge in [-0.25, -0.2) is 4.98 Å². The van der Waals surface area contributed by atoms with E-state index in [-0.39, 0.29) is 17.4 Å². The molecule has 0 bridgehead atoms. The molecule has 0 saturated carbocycles. The topological polar surface area (TPSA) is 46.3 Å². The van der Waals surface area contributed by atoms with Crippen molar-refractivity contribution in [2.45, 2.75) is 40.7 Å². The summed E-state index contributed by atoms with van der Waals surface area (Å²) in [5.74, 6) is 0.931. The molecule has 0 aliphatic heterocycles. The number of carbonyl (C=O) groups is 1. The van der Waals surface area contributed by atoms with E-state index in [4.69, 9.17) is 4.42 Å². The highest BCUT2D eigenvalue weighted by molar-refractivity contribution is 5.93. The number of rotatable bonds is 3. The van der Waals surface area contributed by atoms with E-state index >= 15 is 0 Å². The second-order valence-corrected chi connectivity index (χ2v) is 6.75. The lowest BCUT2D eigenvalue weighted by Crippen LogP contribution is -2.43. The van der Waals surface area contributed by atoms with E-state index in [1.165, 1.54) is 0 Å². The van der Waals surface area contributed by atoms with Gasteiger partial charge in [0.05, 0.1) is 0 Å². The number of amides is 1. The molecule has 0 N–H and O–H groups in total. The van der Waals surface area contributed by atoms with E-state index in [0.717, 1.165) is 5.56 Å². The molecule has 0 saturated heterocycles. The Morgan fingerprint density at radius 3 is 2.36 bits per heavy atom. The van der Waals surface area contributed by atoms with Gasteiger partial charge in [-0.2, -0.15) is 0 Å². The Hall–Kier alpha value is -2.10. The standard InChI is InChI=1S/C18H24N2O2/c1-12-15(17(21)20(6)13(2)18(3,4)5)19-16(22-12)14-10-8-7-9-11-14/h7-11,13H,1-6H3. The lowest BCUT2D eigenvalue weighted by Gasteiger charge is -2.35. The van der Waals surface area contributed by atoms with Crippen molar-refractivity contribution < 1.29 is 9.21 Å². The van der Waals surface area contributed by atoms with Crippen molar-refractivity contribution in [3.63, 3.8) is 0 Å². The predicted molar refractivity (Wildman–Crippen MR) is 87.7 cm³/mol. The minimum absolute atomic E-state index is 0.00428. The molecule has 118 valence electrons. The van der Waals surface area contributed by atoms with E-state index in [9.17, 15) is 4.79 Å². The monoisotopic (exact) mass is 300 g/mol. The Morgan fingerprint density at radius 1 is 1.23 bits per heavy atom. The molecule has 4 nitrogen and oxygen atoms in total. The van der Waals surface area contributed by atoms with Crippen LogP contribution < -0.4 is 0 Å². The van der Waals surface area contributed by atoms with Crippen LogP contribution in [0.2, 0.25) is 0 Å². The SMILES string of the molecule is Cc1oc(-c2ccccc2)nc1C(=O)N(C)C(C)C(C)(C)C. The number of nitrogens with zero attached hydrogens (tertiary/aromatic N) is 2. The van der Waals surface area contributed by atoms with Crippen molar-refractivity contribution in [3.05, 3.63) is 41.8 Å². The van der Waals surface area contributed by atoms with E-state index in [0.29, 0.717) is 17.3 Å². The Balaban J connectivity index is 2.30. The first kappa shape index (κ1) is 16.3. The van der Waals surface area contributed by atoms with Gasteiger partial charge in [0.2, 0.25) is 5.89 Å². The maximum Gasteiger partial charge on any atom is 0.276 e. The zero-order valence-corrected chi connectivity index (χ0v) is 14.2. The number of benzene rings is 1. The molecule has 1 amide bonds. The summed E-state index contributed by atoms with van der Waals surface area (Å²) in [6, 6.07) is 9.71. The Bertz CT molecular complexity index is 653. The molecular weight excluding hydrogens is 276 g/mol. The first-order valence-corrected chi connectivity index (χ1v) is 7.52. The van der Waals surface area contributed by atoms with Crippen LogP contribution in [0, 0.1) is 12.3 Å². The minimum atomic E-state index is -0.106. The van der Waals surface area contributed by atoms with Gasteiger partial charge in [-0.1, -0.05) is 39.0 Å². The highest BCUT2D eigenvalue weighted by Gasteiger charge is 2.30. The summed E-state index contributed by atoms with van der Waals surface area (Å²) in [4.78, 5) is 18.8. The number of aryl methyl sites for hydroxylation is 1. The Kier molecular flexibility index (Phi) is 4.40. The van der Waals surface area contributed by atoms with Crippen molar-refractivity contribution in [3.8, 4) is 11.5 Å². The first-order valence-electron chi connectivity index (χ1n) is 7.52. The van der Waals surface area contributed by atoms with E-state index in [2.05, 4.69) is 25.8 Å². The Morgan fingerprint density at radius 2 is 1.82 bits per heavy atom. The van der Waals surface area contributed by atoms with Gasteiger partial charge in [0.25, 0.3) is 5.91 Å². The van der Waals surface area contributed by atoms with Gasteiger partial charge in [-0.3, -0.25) is 4.79 Å². The van der Waals surface area contributed by atoms with Crippen molar-refractivity contribution in [1.82, 2.24) is 9.88 Å². The summed E-state index contributed by atoms with van der Waals surface area (Å²) in [6.07, 6.45) is 0. The second kappa shape index (κ2) is 5.95. The Labute approximate surface area is 132 Å². The van der Waals surface area contributed by atoms with E-state index in [1.54, 1.807) is 11.8 Å². The molecular formula is C18H24N2O2. The summed E-state index contributed by atoms with van der Waals surface area (Å²) < 4.78 is 5.68. The molecule has 0 aliphatic rings. The summed E-state index contributed by atoms with van der Waals surface area (Å²) in [5, 5.41) is 0. The molecule has 1 heterocycles. The van der Waals surface area contributed by atoms with Gasteiger partial charge in [0.15, 0.2) is 5.69 Å². The smallest absolute Gasteiger partial charge is 0.276 e. The van der Waals surface area contributed by atoms with Crippen LogP contribution in [0.5, 0.6) is 0 Å². The number of oxazole rings is 1. The highest BCUT2D eigenvalue weighted by atomic mass is 16.4. The fourth-order valence-electron chi connectivity index (χ4n) is 2.22. The summed E-state index contributed by atoms with van der Waals surface area (Å²) >= 11 is 0. The average molecular weight is 300 g/mol. The van der Waals surface area contributed by atoms with Gasteiger partial charge in [-0.05, 0) is 31.4 Å². The van der Waals surface area contributed by atoms with E-state index in [1.807, 2.05) is 44.3 Å². The number of aromatic nitrogens is 1. The molecule has 4 heteroatoms. The van der Waals surface area contributed by atoms with Gasteiger partial charge in [0.1, 0.15) is 5.76 Å². The molecule has 0 aliphatic carbocycles. The zero-order valence-electron chi connectivity index (χ0n) is 14.2. The normalized spacial score (nSPS) is 13.0. The first-order chi connectivity index (χ1) is 10.2. The molecule has 22 heavy (non-hydrogen) atoms. The van der Waals surface area contributed by atoms with Crippen LogP contribution in [0.25, 0.3) is 11.5 Å². The van der Waals surface area contributed by atoms with Crippen molar-refractivity contribution in [1.29, 1.82) is 0 Å². The average Bonchev–Trinajstić information content (AvgIpc) is 2.87. The van der Waals surface area contributed by atoms with Crippen LogP contribution in [0.4, 0.5) is 0 Å². The fraction of sp³-hybridized carbons (Fsp3) is 0.444. The van der Waals surface area contributed by atoms with Crippen molar-refractivity contribution in [2.75, 3.05) is 7.05 Å². The number of hydrogen-bond acceptors (Lipinski definition) is 3. The third-order valence-electron chi connectivity index (χ3n) is 4.17. The lowest BCUT2D eigenvalue weighted by molar-refractivity contribution is 0.0622. The number of carbonyl (C=O) groups excluding carboxylic acids is 1. The van der Waals surface area contributed by atoms with Crippen LogP contribution >= 0.6 is 0 Å². The molecule has 1 atom stereocenters. The third kappa shape index (κ3) is 3.21. The summed E-state index contributed by atoms with van der Waals surface area (Å²) in [6.45, 7) is 10.2. The molecule has 2 aromatic rings. The van der Waals surface area contributed by atoms with Crippen LogP contribution in [0.15, 0.2) is 34.7 Å². The maximum absolute atomic E-state index is 12.7. The van der Waals surface area contributed by atoms with Crippen LogP contribution in [0.3, 0.4) is 0 Å². The van der Waals surface area contributed by atoms with Gasteiger partial charge in [-0.15, -0.1) is 0 Å². The van der Waals surface area contributed by atoms with E-state index < -0.39 is 0 Å².